The Hall–Kier alpha value is -4.17. The zero-order valence-electron chi connectivity index (χ0n) is 27.3. The van der Waals surface area contributed by atoms with E-state index >= 15 is 0 Å². The second kappa shape index (κ2) is 9.16. The summed E-state index contributed by atoms with van der Waals surface area (Å²) in [4.78, 5) is 5.52. The third-order valence-electron chi connectivity index (χ3n) is 9.56. The van der Waals surface area contributed by atoms with Crippen molar-refractivity contribution in [3.8, 4) is 33.4 Å². The minimum Gasteiger partial charge on any atom is -0.354 e. The van der Waals surface area contributed by atoms with Crippen molar-refractivity contribution in [3.63, 3.8) is 0 Å². The molecule has 2 nitrogen and oxygen atoms in total. The number of nitrogens with one attached hydrogen (secondary N) is 1. The molecule has 8 bridgehead atoms. The fraction of sp³-hybridized carbons (Fsp3) is 0.293. The van der Waals surface area contributed by atoms with Gasteiger partial charge in [-0.3, -0.25) is 0 Å². The lowest BCUT2D eigenvalue weighted by Crippen LogP contribution is -2.34. The summed E-state index contributed by atoms with van der Waals surface area (Å²) in [6.07, 6.45) is 6.60. The van der Waals surface area contributed by atoms with Crippen molar-refractivity contribution in [2.24, 2.45) is 4.99 Å². The van der Waals surface area contributed by atoms with Crippen LogP contribution in [0.5, 0.6) is 0 Å². The van der Waals surface area contributed by atoms with Crippen LogP contribution in [0.15, 0.2) is 71.8 Å². The Bertz CT molecular complexity index is 2090. The maximum Gasteiger partial charge on any atom is 0.0809 e. The zero-order chi connectivity index (χ0) is 30.6. The summed E-state index contributed by atoms with van der Waals surface area (Å²) in [5, 5.41) is 6.08. The van der Waals surface area contributed by atoms with Crippen LogP contribution in [0.1, 0.15) is 80.5 Å². The number of nitrogens with zero attached hydrogens (tertiary/aromatic N) is 1. The first-order valence-electron chi connectivity index (χ1n) is 15.6. The summed E-state index contributed by atoms with van der Waals surface area (Å²) in [5.74, 6) is 0. The second-order valence-corrected chi connectivity index (χ2v) is 14.9. The Kier molecular flexibility index (Phi) is 5.89. The van der Waals surface area contributed by atoms with E-state index in [0.717, 1.165) is 27.7 Å². The SMILES string of the molecule is Cc1cc(C)c2cc1C1=CC=CC(=c3cc(C(C)(C)C)cc4c3=Nc3c(cc(C(C)(C)C)cc3-4)-c3cc-2c(C)cc3C)N1. The molecule has 0 saturated heterocycles. The van der Waals surface area contributed by atoms with Crippen LogP contribution in [0.3, 0.4) is 0 Å². The van der Waals surface area contributed by atoms with Crippen molar-refractivity contribution in [2.45, 2.75) is 80.1 Å². The normalized spacial score (nSPS) is 14.7. The van der Waals surface area contributed by atoms with Gasteiger partial charge in [-0.15, -0.1) is 0 Å². The van der Waals surface area contributed by atoms with Crippen LogP contribution in [0, 0.1) is 27.7 Å². The molecule has 4 aromatic carbocycles. The number of hydrogen-bond donors (Lipinski definition) is 1. The highest BCUT2D eigenvalue weighted by Gasteiger charge is 2.28. The molecular formula is C41H42N2. The van der Waals surface area contributed by atoms with Crippen LogP contribution in [-0.2, 0) is 10.8 Å². The maximum absolute atomic E-state index is 5.52. The number of fused-ring (bicyclic) bond motifs is 10. The molecule has 0 amide bonds. The van der Waals surface area contributed by atoms with Crippen molar-refractivity contribution < 1.29 is 0 Å². The third-order valence-corrected chi connectivity index (χ3v) is 9.56. The van der Waals surface area contributed by atoms with Gasteiger partial charge >= 0.3 is 0 Å². The maximum atomic E-state index is 5.52. The summed E-state index contributed by atoms with van der Waals surface area (Å²) in [5.41, 5.74) is 19.9. The van der Waals surface area contributed by atoms with Gasteiger partial charge in [-0.25, -0.2) is 4.99 Å². The van der Waals surface area contributed by atoms with E-state index in [9.17, 15) is 0 Å². The first-order valence-corrected chi connectivity index (χ1v) is 15.6. The molecule has 4 aromatic rings. The van der Waals surface area contributed by atoms with Crippen LogP contribution >= 0.6 is 0 Å². The molecule has 0 atom stereocenters. The lowest BCUT2D eigenvalue weighted by molar-refractivity contribution is 0.589. The highest BCUT2D eigenvalue weighted by molar-refractivity contribution is 5.95. The van der Waals surface area contributed by atoms with Gasteiger partial charge in [-0.05, 0) is 137 Å². The molecule has 0 saturated carbocycles. The average Bonchev–Trinajstić information content (AvgIpc) is 3.30. The van der Waals surface area contributed by atoms with Gasteiger partial charge in [0.2, 0.25) is 0 Å². The Morgan fingerprint density at radius 3 is 1.63 bits per heavy atom. The standard InChI is InChI=1S/C41H42N2/c1-22-14-24(3)30-20-28(22)29-21-31(25(4)15-23(29)2)36-12-11-13-37(42-36)35-19-27(41(8,9)10)18-34-33-17-26(40(5,6)7)16-32(30)38(33)43-39(34)35/h11-21,42H,1-10H3. The summed E-state index contributed by atoms with van der Waals surface area (Å²) >= 11 is 0. The molecular weight excluding hydrogens is 520 g/mol. The van der Waals surface area contributed by atoms with Crippen molar-refractivity contribution in [2.75, 3.05) is 0 Å². The number of benzene rings is 4. The largest absolute Gasteiger partial charge is 0.354 e. The molecule has 0 spiro atoms. The van der Waals surface area contributed by atoms with Crippen LogP contribution in [0.4, 0.5) is 5.69 Å². The number of aryl methyl sites for hydroxylation is 4. The molecule has 3 aliphatic heterocycles. The van der Waals surface area contributed by atoms with Gasteiger partial charge in [0.15, 0.2) is 0 Å². The Morgan fingerprint density at radius 1 is 0.535 bits per heavy atom. The van der Waals surface area contributed by atoms with Crippen molar-refractivity contribution in [3.05, 3.63) is 116 Å². The number of allylic oxidation sites excluding steroid dienone is 2. The van der Waals surface area contributed by atoms with E-state index in [2.05, 4.69) is 141 Å². The molecule has 7 rings (SSSR count). The van der Waals surface area contributed by atoms with Crippen molar-refractivity contribution in [1.29, 1.82) is 0 Å². The highest BCUT2D eigenvalue weighted by Crippen LogP contribution is 2.47. The van der Waals surface area contributed by atoms with E-state index in [1.165, 1.54) is 72.3 Å². The van der Waals surface area contributed by atoms with Crippen molar-refractivity contribution >= 4 is 17.1 Å². The van der Waals surface area contributed by atoms with E-state index in [0.29, 0.717) is 0 Å². The van der Waals surface area contributed by atoms with Crippen LogP contribution < -0.4 is 15.9 Å². The Morgan fingerprint density at radius 2 is 1.02 bits per heavy atom. The smallest absolute Gasteiger partial charge is 0.0809 e. The monoisotopic (exact) mass is 562 g/mol. The molecule has 1 N–H and O–H groups in total. The van der Waals surface area contributed by atoms with Gasteiger partial charge in [0.1, 0.15) is 0 Å². The fourth-order valence-corrected chi connectivity index (χ4v) is 6.96. The van der Waals surface area contributed by atoms with Gasteiger partial charge < -0.3 is 5.32 Å². The predicted molar refractivity (Wildman–Crippen MR) is 183 cm³/mol. The predicted octanol–water partition coefficient (Wildman–Crippen LogP) is 9.40. The van der Waals surface area contributed by atoms with Gasteiger partial charge in [0.05, 0.1) is 11.0 Å². The minimum atomic E-state index is -0.0115. The van der Waals surface area contributed by atoms with Crippen LogP contribution in [0.25, 0.3) is 44.8 Å². The van der Waals surface area contributed by atoms with Gasteiger partial charge in [0.25, 0.3) is 0 Å². The van der Waals surface area contributed by atoms with E-state index in [4.69, 9.17) is 4.99 Å². The molecule has 3 heterocycles. The van der Waals surface area contributed by atoms with Crippen LogP contribution in [0.2, 0.25) is 0 Å². The third kappa shape index (κ3) is 4.34. The van der Waals surface area contributed by atoms with Gasteiger partial charge in [-0.2, -0.15) is 0 Å². The minimum absolute atomic E-state index is 0.00803. The topological polar surface area (TPSA) is 24.4 Å². The first kappa shape index (κ1) is 27.7. The Labute approximate surface area is 256 Å². The molecule has 2 heteroatoms. The second-order valence-electron chi connectivity index (χ2n) is 14.9. The molecule has 216 valence electrons. The van der Waals surface area contributed by atoms with Crippen LogP contribution in [-0.4, -0.2) is 0 Å². The van der Waals surface area contributed by atoms with Gasteiger partial charge in [-0.1, -0.05) is 59.8 Å². The molecule has 3 aliphatic rings. The summed E-state index contributed by atoms with van der Waals surface area (Å²) in [7, 11) is 0. The quantitative estimate of drug-likeness (QED) is 0.200. The Balaban J connectivity index is 1.71. The van der Waals surface area contributed by atoms with Gasteiger partial charge in [0, 0.05) is 38.9 Å². The zero-order valence-corrected chi connectivity index (χ0v) is 27.3. The molecule has 43 heavy (non-hydrogen) atoms. The van der Waals surface area contributed by atoms with E-state index in [1.54, 1.807) is 0 Å². The van der Waals surface area contributed by atoms with E-state index < -0.39 is 0 Å². The van der Waals surface area contributed by atoms with E-state index in [-0.39, 0.29) is 10.8 Å². The summed E-state index contributed by atoms with van der Waals surface area (Å²) in [6, 6.07) is 19.1. The molecule has 0 unspecified atom stereocenters. The lowest BCUT2D eigenvalue weighted by Gasteiger charge is -2.24. The highest BCUT2D eigenvalue weighted by atomic mass is 14.9. The lowest BCUT2D eigenvalue weighted by atomic mass is 9.80. The summed E-state index contributed by atoms with van der Waals surface area (Å²) in [6.45, 7) is 22.8. The average molecular weight is 563 g/mol. The molecule has 0 radical (unpaired) electrons. The van der Waals surface area contributed by atoms with Crippen molar-refractivity contribution in [1.82, 2.24) is 5.32 Å². The summed E-state index contributed by atoms with van der Waals surface area (Å²) < 4.78 is 0. The molecule has 0 aliphatic carbocycles. The number of rotatable bonds is 0. The number of hydrogen-bond acceptors (Lipinski definition) is 2. The first-order chi connectivity index (χ1) is 20.2. The number of dihydropyridines is 1. The molecule has 0 aromatic heterocycles. The van der Waals surface area contributed by atoms with E-state index in [1.807, 2.05) is 0 Å². The fourth-order valence-electron chi connectivity index (χ4n) is 6.96. The molecule has 0 fully saturated rings.